The molecule has 0 unspecified atom stereocenters. The molecule has 10 heteroatoms. The molecule has 1 atom stereocenters. The first-order valence-corrected chi connectivity index (χ1v) is 11.5. The van der Waals surface area contributed by atoms with E-state index in [1.807, 2.05) is 6.07 Å². The molecule has 0 bridgehead atoms. The van der Waals surface area contributed by atoms with Crippen LogP contribution in [-0.2, 0) is 26.0 Å². The van der Waals surface area contributed by atoms with Gasteiger partial charge in [-0.1, -0.05) is 17.7 Å². The molecular weight excluding hydrogens is 410 g/mol. The summed E-state index contributed by atoms with van der Waals surface area (Å²) in [5.41, 5.74) is 0.267. The highest BCUT2D eigenvalue weighted by Crippen LogP contribution is 2.25. The highest BCUT2D eigenvalue weighted by atomic mass is 35.5. The number of amides is 2. The van der Waals surface area contributed by atoms with Gasteiger partial charge in [0, 0.05) is 24.3 Å². The molecule has 3 rings (SSSR count). The lowest BCUT2D eigenvalue weighted by Crippen LogP contribution is -2.45. The molecule has 3 heterocycles. The third-order valence-electron chi connectivity index (χ3n) is 4.47. The largest absolute Gasteiger partial charge is 0.329 e. The van der Waals surface area contributed by atoms with Crippen molar-refractivity contribution in [3.63, 3.8) is 0 Å². The van der Waals surface area contributed by atoms with Crippen LogP contribution in [0.3, 0.4) is 0 Å². The van der Waals surface area contributed by atoms with Crippen LogP contribution in [0.2, 0.25) is 4.34 Å². The predicted octanol–water partition coefficient (Wildman–Crippen LogP) is 2.08. The van der Waals surface area contributed by atoms with E-state index in [9.17, 15) is 18.0 Å². The van der Waals surface area contributed by atoms with E-state index >= 15 is 0 Å². The van der Waals surface area contributed by atoms with Gasteiger partial charge in [-0.15, -0.1) is 17.9 Å². The van der Waals surface area contributed by atoms with Crippen molar-refractivity contribution in [2.24, 2.45) is 5.10 Å². The van der Waals surface area contributed by atoms with Crippen molar-refractivity contribution in [2.45, 2.75) is 31.8 Å². The van der Waals surface area contributed by atoms with Crippen LogP contribution in [0, 0.1) is 0 Å². The maximum atomic E-state index is 13.0. The van der Waals surface area contributed by atoms with Crippen molar-refractivity contribution >= 4 is 50.3 Å². The second-order valence-electron chi connectivity index (χ2n) is 6.52. The van der Waals surface area contributed by atoms with E-state index in [1.165, 1.54) is 16.3 Å². The van der Waals surface area contributed by atoms with E-state index in [4.69, 9.17) is 11.6 Å². The van der Waals surface area contributed by atoms with E-state index in [-0.39, 0.29) is 41.9 Å². The zero-order chi connectivity index (χ0) is 19.6. The summed E-state index contributed by atoms with van der Waals surface area (Å²) in [6.45, 7) is 4.39. The third kappa shape index (κ3) is 4.77. The van der Waals surface area contributed by atoms with Crippen LogP contribution in [0.25, 0.3) is 0 Å². The Balaban J connectivity index is 1.79. The summed E-state index contributed by atoms with van der Waals surface area (Å²) in [5, 5.41) is 5.45. The number of nitrogens with zero attached hydrogens (tertiary/aromatic N) is 3. The van der Waals surface area contributed by atoms with Crippen molar-refractivity contribution in [1.82, 2.24) is 9.91 Å². The number of carbonyl (C=O) groups excluding carboxylic acids is 2. The standard InChI is InChI=1S/C17H20ClN3O4S2/c1-2-8-20(10-13-3-5-15(18)26-13)17(23)14-4-6-16(22)21(19-14)12-7-9-27(24,25)11-12/h2-3,5,12H,1,4,6-11H2/t12-/m1/s1. The Morgan fingerprint density at radius 1 is 1.44 bits per heavy atom. The molecule has 1 fully saturated rings. The van der Waals surface area contributed by atoms with Gasteiger partial charge in [-0.2, -0.15) is 5.10 Å². The smallest absolute Gasteiger partial charge is 0.270 e. The van der Waals surface area contributed by atoms with Gasteiger partial charge >= 0.3 is 0 Å². The van der Waals surface area contributed by atoms with Gasteiger partial charge in [0.2, 0.25) is 5.91 Å². The zero-order valence-corrected chi connectivity index (χ0v) is 17.0. The van der Waals surface area contributed by atoms with Gasteiger partial charge in [-0.25, -0.2) is 13.4 Å². The fourth-order valence-electron chi connectivity index (χ4n) is 3.16. The molecule has 7 nitrogen and oxygen atoms in total. The van der Waals surface area contributed by atoms with Crippen molar-refractivity contribution < 1.29 is 18.0 Å². The van der Waals surface area contributed by atoms with Gasteiger partial charge in [0.1, 0.15) is 5.71 Å². The minimum Gasteiger partial charge on any atom is -0.329 e. The molecule has 0 aliphatic carbocycles. The van der Waals surface area contributed by atoms with Crippen LogP contribution in [0.1, 0.15) is 24.1 Å². The molecule has 146 valence electrons. The molecule has 0 saturated carbocycles. The predicted molar refractivity (Wildman–Crippen MR) is 106 cm³/mol. The van der Waals surface area contributed by atoms with Crippen molar-refractivity contribution in [3.05, 3.63) is 34.0 Å². The Labute approximate surface area is 167 Å². The number of rotatable bonds is 6. The molecule has 0 radical (unpaired) electrons. The molecule has 0 aromatic carbocycles. The minimum atomic E-state index is -3.15. The van der Waals surface area contributed by atoms with Crippen LogP contribution in [0.5, 0.6) is 0 Å². The molecule has 0 N–H and O–H groups in total. The molecule has 1 aromatic rings. The highest BCUT2D eigenvalue weighted by Gasteiger charge is 2.37. The average Bonchev–Trinajstić information content (AvgIpc) is 3.19. The molecule has 2 aliphatic heterocycles. The van der Waals surface area contributed by atoms with Gasteiger partial charge in [-0.3, -0.25) is 9.59 Å². The summed E-state index contributed by atoms with van der Waals surface area (Å²) >= 11 is 7.35. The van der Waals surface area contributed by atoms with Crippen LogP contribution < -0.4 is 0 Å². The zero-order valence-electron chi connectivity index (χ0n) is 14.6. The Kier molecular flexibility index (Phi) is 6.02. The summed E-state index contributed by atoms with van der Waals surface area (Å²) in [6, 6.07) is 3.14. The molecule has 27 heavy (non-hydrogen) atoms. The van der Waals surface area contributed by atoms with Crippen LogP contribution >= 0.6 is 22.9 Å². The Morgan fingerprint density at radius 3 is 2.81 bits per heavy atom. The topological polar surface area (TPSA) is 87.1 Å². The first kappa shape index (κ1) is 20.0. The van der Waals surface area contributed by atoms with Crippen LogP contribution in [-0.4, -0.2) is 59.9 Å². The molecular formula is C17H20ClN3O4S2. The first-order chi connectivity index (χ1) is 12.8. The van der Waals surface area contributed by atoms with Gasteiger partial charge in [0.05, 0.1) is 28.4 Å². The van der Waals surface area contributed by atoms with E-state index in [1.54, 1.807) is 17.0 Å². The number of thiophene rings is 1. The Bertz CT molecular complexity index is 894. The number of hydrogen-bond donors (Lipinski definition) is 0. The highest BCUT2D eigenvalue weighted by molar-refractivity contribution is 7.91. The molecule has 1 saturated heterocycles. The maximum Gasteiger partial charge on any atom is 0.270 e. The molecule has 1 aromatic heterocycles. The fraction of sp³-hybridized carbons (Fsp3) is 0.471. The lowest BCUT2D eigenvalue weighted by Gasteiger charge is -2.29. The van der Waals surface area contributed by atoms with Gasteiger partial charge in [-0.05, 0) is 18.6 Å². The molecule has 2 aliphatic rings. The lowest BCUT2D eigenvalue weighted by atomic mass is 10.1. The van der Waals surface area contributed by atoms with E-state index in [2.05, 4.69) is 11.7 Å². The SMILES string of the molecule is C=CCN(Cc1ccc(Cl)s1)C(=O)C1=NN([C@@H]2CCS(=O)(=O)C2)C(=O)CC1. The van der Waals surface area contributed by atoms with Crippen molar-refractivity contribution in [1.29, 1.82) is 0 Å². The second kappa shape index (κ2) is 8.12. The quantitative estimate of drug-likeness (QED) is 0.648. The Morgan fingerprint density at radius 2 is 2.22 bits per heavy atom. The number of sulfone groups is 1. The van der Waals surface area contributed by atoms with Crippen LogP contribution in [0.4, 0.5) is 0 Å². The van der Waals surface area contributed by atoms with Gasteiger partial charge < -0.3 is 4.90 Å². The molecule has 0 spiro atoms. The van der Waals surface area contributed by atoms with Gasteiger partial charge in [0.15, 0.2) is 9.84 Å². The number of hydrogen-bond acceptors (Lipinski definition) is 6. The van der Waals surface area contributed by atoms with Crippen molar-refractivity contribution in [3.8, 4) is 0 Å². The summed E-state index contributed by atoms with van der Waals surface area (Å²) in [7, 11) is -3.15. The average molecular weight is 430 g/mol. The van der Waals surface area contributed by atoms with E-state index < -0.39 is 15.9 Å². The van der Waals surface area contributed by atoms with Crippen LogP contribution in [0.15, 0.2) is 29.9 Å². The number of carbonyl (C=O) groups is 2. The first-order valence-electron chi connectivity index (χ1n) is 8.53. The van der Waals surface area contributed by atoms with E-state index in [0.717, 1.165) is 4.88 Å². The summed E-state index contributed by atoms with van der Waals surface area (Å²) < 4.78 is 24.1. The fourth-order valence-corrected chi connectivity index (χ4v) is 5.96. The van der Waals surface area contributed by atoms with Crippen molar-refractivity contribution in [2.75, 3.05) is 18.1 Å². The monoisotopic (exact) mass is 429 g/mol. The maximum absolute atomic E-state index is 13.0. The minimum absolute atomic E-state index is 0.0436. The molecule has 2 amide bonds. The summed E-state index contributed by atoms with van der Waals surface area (Å²) in [6.07, 6.45) is 2.37. The number of hydrazone groups is 1. The normalized spacial score (nSPS) is 21.8. The third-order valence-corrected chi connectivity index (χ3v) is 7.44. The summed E-state index contributed by atoms with van der Waals surface area (Å²) in [4.78, 5) is 27.7. The van der Waals surface area contributed by atoms with E-state index in [0.29, 0.717) is 23.8 Å². The number of halogens is 1. The summed E-state index contributed by atoms with van der Waals surface area (Å²) in [5.74, 6) is -0.581. The second-order valence-corrected chi connectivity index (χ2v) is 10.6. The lowest BCUT2D eigenvalue weighted by molar-refractivity contribution is -0.134. The van der Waals surface area contributed by atoms with Gasteiger partial charge in [0.25, 0.3) is 5.91 Å². The Hall–Kier alpha value is -1.71.